The highest BCUT2D eigenvalue weighted by Gasteiger charge is 2.25. The number of imide groups is 1. The molecular weight excluding hydrogens is 222 g/mol. The van der Waals surface area contributed by atoms with Crippen molar-refractivity contribution >= 4 is 17.8 Å². The number of esters is 1. The van der Waals surface area contributed by atoms with Crippen LogP contribution in [-0.2, 0) is 19.1 Å². The number of carbonyl (C=O) groups excluding carboxylic acids is 3. The van der Waals surface area contributed by atoms with Crippen LogP contribution in [0.1, 0.15) is 39.5 Å². The van der Waals surface area contributed by atoms with Crippen LogP contribution in [0.25, 0.3) is 0 Å². The van der Waals surface area contributed by atoms with Crippen LogP contribution >= 0.6 is 0 Å². The van der Waals surface area contributed by atoms with Crippen LogP contribution in [0.4, 0.5) is 0 Å². The maximum atomic E-state index is 11.4. The highest BCUT2D eigenvalue weighted by atomic mass is 16.5. The minimum absolute atomic E-state index is 0.0979. The first kappa shape index (κ1) is 13.7. The summed E-state index contributed by atoms with van der Waals surface area (Å²) in [6.07, 6.45) is 2.16. The molecule has 0 radical (unpaired) electrons. The van der Waals surface area contributed by atoms with Crippen LogP contribution in [0.2, 0.25) is 0 Å². The topological polar surface area (TPSA) is 63.7 Å². The van der Waals surface area contributed by atoms with E-state index in [0.717, 1.165) is 6.42 Å². The van der Waals surface area contributed by atoms with Crippen LogP contribution in [0, 0.1) is 5.92 Å². The average molecular weight is 241 g/mol. The molecule has 0 bridgehead atoms. The number of rotatable bonds is 5. The van der Waals surface area contributed by atoms with Crippen molar-refractivity contribution in [1.29, 1.82) is 0 Å². The number of piperidine rings is 1. The van der Waals surface area contributed by atoms with E-state index in [1.54, 1.807) is 6.92 Å². The van der Waals surface area contributed by atoms with E-state index in [1.165, 1.54) is 4.90 Å². The summed E-state index contributed by atoms with van der Waals surface area (Å²) in [5.41, 5.74) is 0. The number of hydrogen-bond acceptors (Lipinski definition) is 4. The molecule has 0 aromatic carbocycles. The summed E-state index contributed by atoms with van der Waals surface area (Å²) in [5, 5.41) is 0. The highest BCUT2D eigenvalue weighted by molar-refractivity contribution is 5.97. The summed E-state index contributed by atoms with van der Waals surface area (Å²) in [4.78, 5) is 35.4. The van der Waals surface area contributed by atoms with E-state index >= 15 is 0 Å². The van der Waals surface area contributed by atoms with Crippen LogP contribution in [0.5, 0.6) is 0 Å². The van der Waals surface area contributed by atoms with E-state index in [0.29, 0.717) is 19.3 Å². The van der Waals surface area contributed by atoms with Crippen molar-refractivity contribution in [2.45, 2.75) is 39.5 Å². The van der Waals surface area contributed by atoms with Crippen molar-refractivity contribution in [3.63, 3.8) is 0 Å². The van der Waals surface area contributed by atoms with E-state index in [1.807, 2.05) is 6.92 Å². The molecule has 96 valence electrons. The molecule has 0 N–H and O–H groups in total. The molecule has 1 heterocycles. The zero-order chi connectivity index (χ0) is 12.8. The Morgan fingerprint density at radius 1 is 1.35 bits per heavy atom. The molecule has 0 saturated carbocycles. The second-order valence-corrected chi connectivity index (χ2v) is 4.27. The molecule has 5 nitrogen and oxygen atoms in total. The smallest absolute Gasteiger partial charge is 0.308 e. The normalized spacial score (nSPS) is 18.1. The Bertz CT molecular complexity index is 298. The fraction of sp³-hybridized carbons (Fsp3) is 0.750. The number of hydrogen-bond donors (Lipinski definition) is 0. The monoisotopic (exact) mass is 241 g/mol. The Kier molecular flexibility index (Phi) is 5.12. The van der Waals surface area contributed by atoms with Gasteiger partial charge in [-0.3, -0.25) is 19.3 Å². The highest BCUT2D eigenvalue weighted by Crippen LogP contribution is 2.12. The lowest BCUT2D eigenvalue weighted by atomic mass is 10.1. The predicted molar refractivity (Wildman–Crippen MR) is 61.0 cm³/mol. The van der Waals surface area contributed by atoms with Gasteiger partial charge in [-0.2, -0.15) is 0 Å². The first-order valence-corrected chi connectivity index (χ1v) is 6.06. The molecule has 1 aliphatic heterocycles. The largest absolute Gasteiger partial charge is 0.464 e. The molecule has 2 amide bonds. The summed E-state index contributed by atoms with van der Waals surface area (Å²) >= 11 is 0. The Morgan fingerprint density at radius 2 is 1.94 bits per heavy atom. The number of carbonyl (C=O) groups is 3. The molecule has 1 unspecified atom stereocenters. The summed E-state index contributed by atoms with van der Waals surface area (Å²) in [6, 6.07) is 0. The lowest BCUT2D eigenvalue weighted by molar-refractivity contribution is -0.154. The second-order valence-electron chi connectivity index (χ2n) is 4.27. The van der Waals surface area contributed by atoms with Gasteiger partial charge in [0.25, 0.3) is 0 Å². The standard InChI is InChI=1S/C12H19NO4/c1-3-9(2)12(16)17-8-7-13-10(14)5-4-6-11(13)15/h9H,3-8H2,1-2H3. The summed E-state index contributed by atoms with van der Waals surface area (Å²) in [6.45, 7) is 3.98. The van der Waals surface area contributed by atoms with Gasteiger partial charge in [0.15, 0.2) is 0 Å². The quantitative estimate of drug-likeness (QED) is 0.534. The summed E-state index contributed by atoms with van der Waals surface area (Å²) in [5.74, 6) is -0.742. The Labute approximate surface area is 101 Å². The number of ether oxygens (including phenoxy) is 1. The maximum Gasteiger partial charge on any atom is 0.308 e. The summed E-state index contributed by atoms with van der Waals surface area (Å²) in [7, 11) is 0. The molecule has 17 heavy (non-hydrogen) atoms. The fourth-order valence-corrected chi connectivity index (χ4v) is 1.60. The third-order valence-electron chi connectivity index (χ3n) is 2.96. The van der Waals surface area contributed by atoms with Crippen LogP contribution in [0.3, 0.4) is 0 Å². The van der Waals surface area contributed by atoms with Crippen molar-refractivity contribution in [2.75, 3.05) is 13.2 Å². The predicted octanol–water partition coefficient (Wildman–Crippen LogP) is 1.11. The fourth-order valence-electron chi connectivity index (χ4n) is 1.60. The first-order valence-electron chi connectivity index (χ1n) is 6.06. The maximum absolute atomic E-state index is 11.4. The molecule has 0 aliphatic carbocycles. The van der Waals surface area contributed by atoms with Gasteiger partial charge in [-0.15, -0.1) is 0 Å². The molecule has 1 fully saturated rings. The van der Waals surface area contributed by atoms with E-state index in [4.69, 9.17) is 4.74 Å². The minimum atomic E-state index is -0.274. The van der Waals surface area contributed by atoms with Crippen LogP contribution in [-0.4, -0.2) is 35.8 Å². The van der Waals surface area contributed by atoms with Gasteiger partial charge in [0.05, 0.1) is 12.5 Å². The molecule has 1 rings (SSSR count). The minimum Gasteiger partial charge on any atom is -0.464 e. The third-order valence-corrected chi connectivity index (χ3v) is 2.96. The van der Waals surface area contributed by atoms with Gasteiger partial charge in [0.1, 0.15) is 6.61 Å². The van der Waals surface area contributed by atoms with Crippen molar-refractivity contribution in [1.82, 2.24) is 4.90 Å². The van der Waals surface area contributed by atoms with Gasteiger partial charge in [-0.05, 0) is 12.8 Å². The SMILES string of the molecule is CCC(C)C(=O)OCCN1C(=O)CCCC1=O. The van der Waals surface area contributed by atoms with Crippen molar-refractivity contribution < 1.29 is 19.1 Å². The molecule has 0 aromatic heterocycles. The third kappa shape index (κ3) is 3.84. The van der Waals surface area contributed by atoms with Gasteiger partial charge in [-0.1, -0.05) is 13.8 Å². The van der Waals surface area contributed by atoms with Crippen LogP contribution in [0.15, 0.2) is 0 Å². The van der Waals surface area contributed by atoms with E-state index in [-0.39, 0.29) is 36.9 Å². The number of amides is 2. The molecule has 0 spiro atoms. The zero-order valence-corrected chi connectivity index (χ0v) is 10.4. The Hall–Kier alpha value is -1.39. The van der Waals surface area contributed by atoms with E-state index in [9.17, 15) is 14.4 Å². The van der Waals surface area contributed by atoms with Gasteiger partial charge in [0.2, 0.25) is 11.8 Å². The number of likely N-dealkylation sites (tertiary alicyclic amines) is 1. The molecule has 0 aromatic rings. The molecule has 1 atom stereocenters. The van der Waals surface area contributed by atoms with Gasteiger partial charge >= 0.3 is 5.97 Å². The van der Waals surface area contributed by atoms with Gasteiger partial charge in [0, 0.05) is 12.8 Å². The van der Waals surface area contributed by atoms with Crippen molar-refractivity contribution in [2.24, 2.45) is 5.92 Å². The van der Waals surface area contributed by atoms with E-state index < -0.39 is 0 Å². The zero-order valence-electron chi connectivity index (χ0n) is 10.4. The van der Waals surface area contributed by atoms with Crippen molar-refractivity contribution in [3.8, 4) is 0 Å². The second kappa shape index (κ2) is 6.37. The van der Waals surface area contributed by atoms with Crippen molar-refractivity contribution in [3.05, 3.63) is 0 Å². The lowest BCUT2D eigenvalue weighted by Gasteiger charge is -2.24. The Morgan fingerprint density at radius 3 is 2.47 bits per heavy atom. The summed E-state index contributed by atoms with van der Waals surface area (Å²) < 4.78 is 5.01. The first-order chi connectivity index (χ1) is 8.06. The average Bonchev–Trinajstić information content (AvgIpc) is 2.31. The molecule has 1 aliphatic rings. The van der Waals surface area contributed by atoms with Crippen LogP contribution < -0.4 is 0 Å². The Balaban J connectivity index is 2.32. The number of nitrogens with zero attached hydrogens (tertiary/aromatic N) is 1. The van der Waals surface area contributed by atoms with E-state index in [2.05, 4.69) is 0 Å². The lowest BCUT2D eigenvalue weighted by Crippen LogP contribution is -2.42. The van der Waals surface area contributed by atoms with Gasteiger partial charge in [-0.25, -0.2) is 0 Å². The van der Waals surface area contributed by atoms with Gasteiger partial charge < -0.3 is 4.74 Å². The molecule has 1 saturated heterocycles. The molecular formula is C12H19NO4. The molecule has 5 heteroatoms.